The van der Waals surface area contributed by atoms with Crippen LogP contribution in [0.5, 0.6) is 5.75 Å². The van der Waals surface area contributed by atoms with Crippen molar-refractivity contribution in [2.24, 2.45) is 5.41 Å². The maximum absolute atomic E-state index is 12.3. The topological polar surface area (TPSA) is 54.0 Å². The van der Waals surface area contributed by atoms with Gasteiger partial charge in [-0.3, -0.25) is 4.79 Å². The fourth-order valence-corrected chi connectivity index (χ4v) is 2.44. The number of benzene rings is 1. The van der Waals surface area contributed by atoms with Gasteiger partial charge < -0.3 is 18.8 Å². The molecule has 1 aliphatic rings. The van der Waals surface area contributed by atoms with Crippen molar-refractivity contribution in [2.45, 2.75) is 79.1 Å². The molecule has 27 heavy (non-hydrogen) atoms. The predicted molar refractivity (Wildman–Crippen MR) is 107 cm³/mol. The molecule has 0 spiro atoms. The molecule has 0 unspecified atom stereocenters. The predicted octanol–water partition coefficient (Wildman–Crippen LogP) is 3.73. The Kier molecular flexibility index (Phi) is 5.75. The van der Waals surface area contributed by atoms with Crippen LogP contribution in [0.3, 0.4) is 0 Å². The highest BCUT2D eigenvalue weighted by Gasteiger charge is 2.51. The van der Waals surface area contributed by atoms with Gasteiger partial charge in [0.1, 0.15) is 18.0 Å². The van der Waals surface area contributed by atoms with Crippen LogP contribution in [0, 0.1) is 5.41 Å². The van der Waals surface area contributed by atoms with E-state index in [2.05, 4.69) is 0 Å². The lowest BCUT2D eigenvalue weighted by Gasteiger charge is -2.32. The van der Waals surface area contributed by atoms with Crippen molar-refractivity contribution in [3.63, 3.8) is 0 Å². The summed E-state index contributed by atoms with van der Waals surface area (Å²) in [6.45, 7) is 17.6. The van der Waals surface area contributed by atoms with Crippen molar-refractivity contribution < 1.29 is 23.6 Å². The van der Waals surface area contributed by atoms with Gasteiger partial charge in [-0.1, -0.05) is 12.1 Å². The van der Waals surface area contributed by atoms with Crippen LogP contribution >= 0.6 is 0 Å². The molecule has 0 aromatic heterocycles. The summed E-state index contributed by atoms with van der Waals surface area (Å²) >= 11 is 0. The Balaban J connectivity index is 1.98. The van der Waals surface area contributed by atoms with Crippen molar-refractivity contribution in [3.8, 4) is 5.75 Å². The van der Waals surface area contributed by atoms with E-state index >= 15 is 0 Å². The zero-order chi connectivity index (χ0) is 20.7. The lowest BCUT2D eigenvalue weighted by molar-refractivity contribution is -0.167. The van der Waals surface area contributed by atoms with E-state index in [4.69, 9.17) is 18.8 Å². The molecule has 6 heteroatoms. The third kappa shape index (κ3) is 5.26. The van der Waals surface area contributed by atoms with Gasteiger partial charge in [0.15, 0.2) is 0 Å². The Morgan fingerprint density at radius 3 is 1.89 bits per heavy atom. The molecule has 0 radical (unpaired) electrons. The third-order valence-electron chi connectivity index (χ3n) is 4.96. The highest BCUT2D eigenvalue weighted by atomic mass is 16.7. The van der Waals surface area contributed by atoms with Crippen LogP contribution in [-0.2, 0) is 18.8 Å². The number of carbonyl (C=O) groups is 1. The Morgan fingerprint density at radius 2 is 1.44 bits per heavy atom. The molecule has 0 aliphatic carbocycles. The number of hydrogen-bond donors (Lipinski definition) is 0. The van der Waals surface area contributed by atoms with Gasteiger partial charge in [0, 0.05) is 0 Å². The minimum absolute atomic E-state index is 0.234. The van der Waals surface area contributed by atoms with Crippen LogP contribution in [0.25, 0.3) is 0 Å². The van der Waals surface area contributed by atoms with E-state index in [0.717, 1.165) is 5.46 Å². The van der Waals surface area contributed by atoms with E-state index in [1.807, 2.05) is 86.6 Å². The largest absolute Gasteiger partial charge is 0.494 e. The second-order valence-electron chi connectivity index (χ2n) is 9.83. The molecule has 1 aliphatic heterocycles. The molecule has 0 N–H and O–H groups in total. The average Bonchev–Trinajstić information content (AvgIpc) is 2.72. The summed E-state index contributed by atoms with van der Waals surface area (Å²) in [6, 6.07) is 7.59. The molecule has 0 atom stereocenters. The molecular formula is C21H33BO5. The SMILES string of the molecule is CC(C)(C)OC(=O)C(C)(C)COc1ccc(B2OC(C)(C)C(C)(C)O2)cc1. The summed E-state index contributed by atoms with van der Waals surface area (Å²) in [4.78, 5) is 12.3. The Labute approximate surface area is 163 Å². The fraction of sp³-hybridized carbons (Fsp3) is 0.667. The van der Waals surface area contributed by atoms with Gasteiger partial charge in [0.05, 0.1) is 16.6 Å². The molecule has 0 bridgehead atoms. The van der Waals surface area contributed by atoms with Gasteiger partial charge >= 0.3 is 13.1 Å². The maximum atomic E-state index is 12.3. The summed E-state index contributed by atoms with van der Waals surface area (Å²) < 4.78 is 23.4. The summed E-state index contributed by atoms with van der Waals surface area (Å²) in [5.74, 6) is 0.413. The lowest BCUT2D eigenvalue weighted by atomic mass is 9.79. The lowest BCUT2D eigenvalue weighted by Crippen LogP contribution is -2.41. The van der Waals surface area contributed by atoms with Gasteiger partial charge in [-0.2, -0.15) is 0 Å². The summed E-state index contributed by atoms with van der Waals surface area (Å²) in [7, 11) is -0.401. The first-order valence-electron chi connectivity index (χ1n) is 9.45. The average molecular weight is 376 g/mol. The number of esters is 1. The molecule has 1 fully saturated rings. The van der Waals surface area contributed by atoms with Crippen molar-refractivity contribution in [1.82, 2.24) is 0 Å². The molecule has 0 saturated carbocycles. The van der Waals surface area contributed by atoms with E-state index in [0.29, 0.717) is 5.75 Å². The molecule has 1 heterocycles. The van der Waals surface area contributed by atoms with Crippen LogP contribution in [0.2, 0.25) is 0 Å². The monoisotopic (exact) mass is 376 g/mol. The fourth-order valence-electron chi connectivity index (χ4n) is 2.44. The minimum Gasteiger partial charge on any atom is -0.492 e. The first-order valence-corrected chi connectivity index (χ1v) is 9.45. The Bertz CT molecular complexity index is 655. The van der Waals surface area contributed by atoms with Gasteiger partial charge in [-0.25, -0.2) is 0 Å². The van der Waals surface area contributed by atoms with E-state index < -0.39 is 18.1 Å². The number of rotatable bonds is 5. The van der Waals surface area contributed by atoms with Gasteiger partial charge in [0.25, 0.3) is 0 Å². The van der Waals surface area contributed by atoms with E-state index in [-0.39, 0.29) is 23.8 Å². The van der Waals surface area contributed by atoms with E-state index in [1.165, 1.54) is 0 Å². The standard InChI is InChI=1S/C21H33BO5/c1-18(2,3)25-17(23)19(4,5)14-24-16-12-10-15(11-13-16)22-26-20(6,7)21(8,9)27-22/h10-13H,14H2,1-9H3. The molecule has 1 aromatic carbocycles. The molecule has 0 amide bonds. The van der Waals surface area contributed by atoms with Gasteiger partial charge in [-0.15, -0.1) is 0 Å². The zero-order valence-electron chi connectivity index (χ0n) is 18.1. The third-order valence-corrected chi connectivity index (χ3v) is 4.96. The molecule has 2 rings (SSSR count). The van der Waals surface area contributed by atoms with Crippen LogP contribution < -0.4 is 10.2 Å². The Hall–Kier alpha value is -1.53. The molecule has 1 aromatic rings. The van der Waals surface area contributed by atoms with Crippen LogP contribution in [0.4, 0.5) is 0 Å². The quantitative estimate of drug-likeness (QED) is 0.579. The van der Waals surface area contributed by atoms with Crippen molar-refractivity contribution in [2.75, 3.05) is 6.61 Å². The van der Waals surface area contributed by atoms with Crippen LogP contribution in [0.15, 0.2) is 24.3 Å². The molecule has 150 valence electrons. The van der Waals surface area contributed by atoms with E-state index in [9.17, 15) is 4.79 Å². The van der Waals surface area contributed by atoms with Gasteiger partial charge in [0.2, 0.25) is 0 Å². The molecule has 5 nitrogen and oxygen atoms in total. The smallest absolute Gasteiger partial charge is 0.492 e. The highest BCUT2D eigenvalue weighted by Crippen LogP contribution is 2.36. The highest BCUT2D eigenvalue weighted by molar-refractivity contribution is 6.62. The second-order valence-corrected chi connectivity index (χ2v) is 9.83. The normalized spacial score (nSPS) is 19.1. The van der Waals surface area contributed by atoms with Crippen LogP contribution in [0.1, 0.15) is 62.3 Å². The summed E-state index contributed by atoms with van der Waals surface area (Å²) in [6.07, 6.45) is 0. The first kappa shape index (κ1) is 21.8. The van der Waals surface area contributed by atoms with Crippen molar-refractivity contribution in [3.05, 3.63) is 24.3 Å². The first-order chi connectivity index (χ1) is 12.1. The number of hydrogen-bond acceptors (Lipinski definition) is 5. The van der Waals surface area contributed by atoms with Gasteiger partial charge in [-0.05, 0) is 79.9 Å². The minimum atomic E-state index is -0.738. The molecule has 1 saturated heterocycles. The number of carbonyl (C=O) groups excluding carboxylic acids is 1. The van der Waals surface area contributed by atoms with Crippen molar-refractivity contribution in [1.29, 1.82) is 0 Å². The summed E-state index contributed by atoms with van der Waals surface area (Å²) in [5.41, 5.74) is -1.06. The molecular weight excluding hydrogens is 343 g/mol. The summed E-state index contributed by atoms with van der Waals surface area (Å²) in [5, 5.41) is 0. The van der Waals surface area contributed by atoms with E-state index in [1.54, 1.807) is 0 Å². The second kappa shape index (κ2) is 7.14. The Morgan fingerprint density at radius 1 is 0.963 bits per heavy atom. The zero-order valence-corrected chi connectivity index (χ0v) is 18.1. The van der Waals surface area contributed by atoms with Crippen molar-refractivity contribution >= 4 is 18.6 Å². The maximum Gasteiger partial charge on any atom is 0.494 e. The van der Waals surface area contributed by atoms with Crippen LogP contribution in [-0.4, -0.2) is 36.5 Å². The number of ether oxygens (including phenoxy) is 2.